The highest BCUT2D eigenvalue weighted by Crippen LogP contribution is 2.37. The van der Waals surface area contributed by atoms with Crippen LogP contribution in [-0.2, 0) is 4.74 Å². The number of hydrogen-bond acceptors (Lipinski definition) is 4. The number of rotatable bonds is 0. The summed E-state index contributed by atoms with van der Waals surface area (Å²) in [5, 5.41) is 0. The third kappa shape index (κ3) is 3.16. The predicted molar refractivity (Wildman–Crippen MR) is 88.6 cm³/mol. The monoisotopic (exact) mass is 368 g/mol. The molecule has 0 N–H and O–H groups in total. The summed E-state index contributed by atoms with van der Waals surface area (Å²) in [5.41, 5.74) is 0.638. The van der Waals surface area contributed by atoms with Gasteiger partial charge in [-0.1, -0.05) is 15.9 Å². The fraction of sp³-hybridized carbons (Fsp3) is 0.562. The molecule has 2 aliphatic heterocycles. The van der Waals surface area contributed by atoms with Gasteiger partial charge in [0.2, 0.25) is 0 Å². The van der Waals surface area contributed by atoms with E-state index in [1.165, 1.54) is 0 Å². The second kappa shape index (κ2) is 5.65. The maximum Gasteiger partial charge on any atom is 0.410 e. The summed E-state index contributed by atoms with van der Waals surface area (Å²) >= 11 is 3.47. The van der Waals surface area contributed by atoms with Gasteiger partial charge in [0, 0.05) is 24.1 Å². The lowest BCUT2D eigenvalue weighted by Crippen LogP contribution is -2.59. The number of halogens is 1. The molecule has 2 aliphatic rings. The van der Waals surface area contributed by atoms with Crippen molar-refractivity contribution in [2.45, 2.75) is 32.4 Å². The molecule has 0 saturated carbocycles. The highest BCUT2D eigenvalue weighted by atomic mass is 79.9. The van der Waals surface area contributed by atoms with Gasteiger partial charge < -0.3 is 19.3 Å². The van der Waals surface area contributed by atoms with Crippen LogP contribution in [0.5, 0.6) is 5.75 Å². The lowest BCUT2D eigenvalue weighted by molar-refractivity contribution is 0.0195. The van der Waals surface area contributed by atoms with Crippen LogP contribution in [0.1, 0.15) is 20.8 Å². The summed E-state index contributed by atoms with van der Waals surface area (Å²) < 4.78 is 12.3. The van der Waals surface area contributed by atoms with Gasteiger partial charge in [0.1, 0.15) is 18.0 Å². The molecule has 22 heavy (non-hydrogen) atoms. The predicted octanol–water partition coefficient (Wildman–Crippen LogP) is 3.27. The van der Waals surface area contributed by atoms with Crippen molar-refractivity contribution in [2.75, 3.05) is 31.1 Å². The first-order chi connectivity index (χ1) is 10.3. The highest BCUT2D eigenvalue weighted by Gasteiger charge is 2.35. The molecule has 1 fully saturated rings. The molecule has 5 nitrogen and oxygen atoms in total. The number of carbonyl (C=O) groups excluding carboxylic acids is 1. The van der Waals surface area contributed by atoms with E-state index < -0.39 is 5.60 Å². The van der Waals surface area contributed by atoms with Crippen molar-refractivity contribution in [3.8, 4) is 5.75 Å². The van der Waals surface area contributed by atoms with E-state index in [0.29, 0.717) is 19.7 Å². The second-order valence-electron chi connectivity index (χ2n) is 6.70. The van der Waals surface area contributed by atoms with Gasteiger partial charge in [-0.25, -0.2) is 4.79 Å². The zero-order valence-corrected chi connectivity index (χ0v) is 14.7. The molecule has 1 unspecified atom stereocenters. The van der Waals surface area contributed by atoms with Crippen molar-refractivity contribution in [3.05, 3.63) is 22.7 Å². The third-order valence-electron chi connectivity index (χ3n) is 3.80. The summed E-state index contributed by atoms with van der Waals surface area (Å²) in [7, 11) is 0. The van der Waals surface area contributed by atoms with Crippen molar-refractivity contribution < 1.29 is 14.3 Å². The van der Waals surface area contributed by atoms with Crippen molar-refractivity contribution in [3.63, 3.8) is 0 Å². The van der Waals surface area contributed by atoms with Gasteiger partial charge in [0.05, 0.1) is 11.7 Å². The number of hydrogen-bond donors (Lipinski definition) is 0. The Balaban J connectivity index is 1.71. The topological polar surface area (TPSA) is 42.0 Å². The third-order valence-corrected chi connectivity index (χ3v) is 4.29. The second-order valence-corrected chi connectivity index (χ2v) is 7.61. The smallest absolute Gasteiger partial charge is 0.410 e. The van der Waals surface area contributed by atoms with Crippen molar-refractivity contribution in [2.24, 2.45) is 0 Å². The average molecular weight is 369 g/mol. The van der Waals surface area contributed by atoms with Crippen LogP contribution in [0.2, 0.25) is 0 Å². The zero-order valence-electron chi connectivity index (χ0n) is 13.1. The van der Waals surface area contributed by atoms with E-state index >= 15 is 0 Å². The maximum atomic E-state index is 12.2. The molecule has 1 atom stereocenters. The summed E-state index contributed by atoms with van der Waals surface area (Å²) in [5.74, 6) is 0.899. The number of amides is 1. The van der Waals surface area contributed by atoms with E-state index in [1.807, 2.05) is 32.9 Å². The number of anilines is 1. The fourth-order valence-electron chi connectivity index (χ4n) is 2.83. The Morgan fingerprint density at radius 2 is 2.14 bits per heavy atom. The van der Waals surface area contributed by atoms with Crippen LogP contribution >= 0.6 is 15.9 Å². The van der Waals surface area contributed by atoms with E-state index in [2.05, 4.69) is 26.9 Å². The van der Waals surface area contributed by atoms with Crippen LogP contribution < -0.4 is 9.64 Å². The van der Waals surface area contributed by atoms with Crippen LogP contribution in [-0.4, -0.2) is 48.9 Å². The quantitative estimate of drug-likeness (QED) is 0.704. The molecule has 0 aliphatic carbocycles. The molecular formula is C16H21BrN2O3. The Morgan fingerprint density at radius 3 is 2.86 bits per heavy atom. The Bertz CT molecular complexity index is 585. The first-order valence-electron chi connectivity index (χ1n) is 7.50. The van der Waals surface area contributed by atoms with Crippen molar-refractivity contribution >= 4 is 27.7 Å². The maximum absolute atomic E-state index is 12.2. The van der Waals surface area contributed by atoms with Crippen molar-refractivity contribution in [1.29, 1.82) is 0 Å². The normalized spacial score (nSPS) is 20.8. The van der Waals surface area contributed by atoms with Crippen LogP contribution in [0.4, 0.5) is 10.5 Å². The Kier molecular flexibility index (Phi) is 3.97. The van der Waals surface area contributed by atoms with Crippen LogP contribution in [0, 0.1) is 0 Å². The van der Waals surface area contributed by atoms with Crippen LogP contribution in [0.25, 0.3) is 0 Å². The number of benzene rings is 1. The van der Waals surface area contributed by atoms with Gasteiger partial charge in [0.15, 0.2) is 0 Å². The molecule has 0 radical (unpaired) electrons. The Hall–Kier alpha value is -1.43. The van der Waals surface area contributed by atoms with E-state index in [9.17, 15) is 4.79 Å². The number of nitrogens with zero attached hydrogens (tertiary/aromatic N) is 2. The molecule has 6 heteroatoms. The summed E-state index contributed by atoms with van der Waals surface area (Å²) in [6.45, 7) is 8.34. The van der Waals surface area contributed by atoms with E-state index in [4.69, 9.17) is 9.47 Å². The van der Waals surface area contributed by atoms with Gasteiger partial charge in [-0.2, -0.15) is 0 Å². The van der Waals surface area contributed by atoms with Gasteiger partial charge in [-0.15, -0.1) is 0 Å². The molecule has 3 rings (SSSR count). The number of ether oxygens (including phenoxy) is 2. The van der Waals surface area contributed by atoms with E-state index in [1.54, 1.807) is 4.90 Å². The molecule has 1 amide bonds. The average Bonchev–Trinajstić information content (AvgIpc) is 2.44. The molecule has 1 saturated heterocycles. The van der Waals surface area contributed by atoms with Crippen molar-refractivity contribution in [1.82, 2.24) is 4.90 Å². The minimum atomic E-state index is -0.462. The Labute approximate surface area is 139 Å². The standard InChI is InChI=1S/C16H21BrN2O3/c1-16(2,3)22-15(20)18-6-7-19-12(9-18)10-21-14-8-11(17)4-5-13(14)19/h4-5,8,12H,6-7,9-10H2,1-3H3. The number of piperazine rings is 1. The molecule has 0 bridgehead atoms. The summed E-state index contributed by atoms with van der Waals surface area (Å²) in [6.07, 6.45) is -0.242. The lowest BCUT2D eigenvalue weighted by atomic mass is 10.1. The molecule has 0 spiro atoms. The minimum absolute atomic E-state index is 0.176. The van der Waals surface area contributed by atoms with Crippen LogP contribution in [0.3, 0.4) is 0 Å². The molecule has 1 aromatic carbocycles. The van der Waals surface area contributed by atoms with E-state index in [0.717, 1.165) is 22.5 Å². The molecule has 2 heterocycles. The summed E-state index contributed by atoms with van der Waals surface area (Å²) in [4.78, 5) is 16.3. The molecule has 120 valence electrons. The highest BCUT2D eigenvalue weighted by molar-refractivity contribution is 9.10. The van der Waals surface area contributed by atoms with Gasteiger partial charge in [-0.05, 0) is 39.0 Å². The largest absolute Gasteiger partial charge is 0.489 e. The minimum Gasteiger partial charge on any atom is -0.489 e. The first kappa shape index (κ1) is 15.5. The number of fused-ring (bicyclic) bond motifs is 3. The fourth-order valence-corrected chi connectivity index (χ4v) is 3.17. The SMILES string of the molecule is CC(C)(C)OC(=O)N1CCN2c3ccc(Br)cc3OCC2C1. The van der Waals surface area contributed by atoms with E-state index in [-0.39, 0.29) is 12.1 Å². The van der Waals surface area contributed by atoms with Gasteiger partial charge >= 0.3 is 6.09 Å². The lowest BCUT2D eigenvalue weighted by Gasteiger charge is -2.45. The summed E-state index contributed by atoms with van der Waals surface area (Å²) in [6, 6.07) is 6.25. The van der Waals surface area contributed by atoms with Gasteiger partial charge in [-0.3, -0.25) is 0 Å². The Morgan fingerprint density at radius 1 is 1.36 bits per heavy atom. The molecule has 0 aromatic heterocycles. The molecule has 1 aromatic rings. The van der Waals surface area contributed by atoms with Crippen LogP contribution in [0.15, 0.2) is 22.7 Å². The molecular weight excluding hydrogens is 348 g/mol. The zero-order chi connectivity index (χ0) is 15.9. The van der Waals surface area contributed by atoms with Gasteiger partial charge in [0.25, 0.3) is 0 Å². The number of carbonyl (C=O) groups is 1. The first-order valence-corrected chi connectivity index (χ1v) is 8.30.